The number of rotatable bonds is 8. The van der Waals surface area contributed by atoms with Crippen LogP contribution in [0.4, 0.5) is 0 Å². The average molecular weight is 167 g/mol. The van der Waals surface area contributed by atoms with Gasteiger partial charge in [0, 0.05) is 0 Å². The topological polar surface area (TPSA) is 0 Å². The second-order valence-corrected chi connectivity index (χ2v) is 3.32. The fourth-order valence-electron chi connectivity index (χ4n) is 1.27. The van der Waals surface area contributed by atoms with Crippen LogP contribution in [0.3, 0.4) is 0 Å². The van der Waals surface area contributed by atoms with E-state index in [0.29, 0.717) is 0 Å². The highest BCUT2D eigenvalue weighted by atomic mass is 13.9. The van der Waals surface area contributed by atoms with Gasteiger partial charge in [0.15, 0.2) is 0 Å². The number of hydrogen-bond acceptors (Lipinski definition) is 0. The Morgan fingerprint density at radius 2 is 1.58 bits per heavy atom. The predicted octanol–water partition coefficient (Wildman–Crippen LogP) is 4.51. The van der Waals surface area contributed by atoms with Crippen LogP contribution < -0.4 is 0 Å². The predicted molar refractivity (Wildman–Crippen MR) is 56.1 cm³/mol. The zero-order chi connectivity index (χ0) is 9.07. The maximum absolute atomic E-state index is 3.23. The van der Waals surface area contributed by atoms with Crippen molar-refractivity contribution >= 4 is 0 Å². The van der Waals surface area contributed by atoms with E-state index in [0.717, 1.165) is 6.42 Å². The average Bonchev–Trinajstić information content (AvgIpc) is 2.10. The lowest BCUT2D eigenvalue weighted by molar-refractivity contribution is 0.611. The van der Waals surface area contributed by atoms with Crippen LogP contribution in [0.25, 0.3) is 0 Å². The quantitative estimate of drug-likeness (QED) is 0.467. The molecule has 0 unspecified atom stereocenters. The van der Waals surface area contributed by atoms with Gasteiger partial charge in [-0.15, -0.1) is 0 Å². The molecule has 0 spiro atoms. The third kappa shape index (κ3) is 9.74. The van der Waals surface area contributed by atoms with Gasteiger partial charge >= 0.3 is 0 Å². The van der Waals surface area contributed by atoms with Gasteiger partial charge in [0.2, 0.25) is 0 Å². The molecular formula is C12H23. The minimum Gasteiger partial charge on any atom is -0.0811 e. The second-order valence-electron chi connectivity index (χ2n) is 3.32. The van der Waals surface area contributed by atoms with E-state index in [1.165, 1.54) is 44.9 Å². The molecule has 0 aliphatic rings. The molecule has 12 heavy (non-hydrogen) atoms. The number of unbranched alkanes of at least 4 members (excludes halogenated alkanes) is 6. The molecule has 0 aromatic heterocycles. The van der Waals surface area contributed by atoms with Crippen molar-refractivity contribution in [1.82, 2.24) is 0 Å². The summed E-state index contributed by atoms with van der Waals surface area (Å²) in [6, 6.07) is 0. The minimum atomic E-state index is 1.07. The monoisotopic (exact) mass is 167 g/mol. The Morgan fingerprint density at radius 1 is 0.917 bits per heavy atom. The van der Waals surface area contributed by atoms with E-state index >= 15 is 0 Å². The molecule has 0 N–H and O–H groups in total. The lowest BCUT2D eigenvalue weighted by Crippen LogP contribution is -1.77. The van der Waals surface area contributed by atoms with E-state index in [1.807, 2.05) is 0 Å². The lowest BCUT2D eigenvalue weighted by Gasteiger charge is -1.97. The SMILES string of the molecule is CC/[C]=C/CCCCCCCC. The summed E-state index contributed by atoms with van der Waals surface area (Å²) in [7, 11) is 0. The summed E-state index contributed by atoms with van der Waals surface area (Å²) in [5.41, 5.74) is 0. The Kier molecular flexibility index (Phi) is 10.5. The molecule has 1 radical (unpaired) electrons. The van der Waals surface area contributed by atoms with Crippen molar-refractivity contribution < 1.29 is 0 Å². The highest BCUT2D eigenvalue weighted by molar-refractivity contribution is 4.71. The number of hydrogen-bond donors (Lipinski definition) is 0. The molecule has 0 saturated carbocycles. The van der Waals surface area contributed by atoms with Gasteiger partial charge in [-0.05, 0) is 25.3 Å². The smallest absolute Gasteiger partial charge is 0.0308 e. The normalized spacial score (nSPS) is 11.2. The van der Waals surface area contributed by atoms with Gasteiger partial charge in [-0.25, -0.2) is 0 Å². The fraction of sp³-hybridized carbons (Fsp3) is 0.833. The minimum absolute atomic E-state index is 1.07. The maximum atomic E-state index is 3.23. The summed E-state index contributed by atoms with van der Waals surface area (Å²) in [6.07, 6.45) is 16.1. The van der Waals surface area contributed by atoms with Gasteiger partial charge in [-0.1, -0.05) is 52.0 Å². The first kappa shape index (κ1) is 11.7. The highest BCUT2D eigenvalue weighted by Crippen LogP contribution is 2.06. The summed E-state index contributed by atoms with van der Waals surface area (Å²) >= 11 is 0. The molecule has 0 heterocycles. The standard InChI is InChI=1S/C12H23/c1-3-5-7-9-11-12-10-8-6-4-2/h8H,3-5,7,9-12H2,1-2H3. The maximum Gasteiger partial charge on any atom is -0.0308 e. The van der Waals surface area contributed by atoms with Gasteiger partial charge < -0.3 is 0 Å². The zero-order valence-electron chi connectivity index (χ0n) is 8.73. The van der Waals surface area contributed by atoms with Gasteiger partial charge in [0.1, 0.15) is 0 Å². The van der Waals surface area contributed by atoms with Crippen molar-refractivity contribution in [2.45, 2.75) is 65.2 Å². The van der Waals surface area contributed by atoms with E-state index in [-0.39, 0.29) is 0 Å². The van der Waals surface area contributed by atoms with E-state index < -0.39 is 0 Å². The Hall–Kier alpha value is -0.260. The van der Waals surface area contributed by atoms with E-state index in [9.17, 15) is 0 Å². The third-order valence-electron chi connectivity index (χ3n) is 2.05. The Bertz CT molecular complexity index is 92.2. The Labute approximate surface area is 78.1 Å². The lowest BCUT2D eigenvalue weighted by atomic mass is 10.1. The molecule has 0 amide bonds. The van der Waals surface area contributed by atoms with Crippen LogP contribution in [-0.4, -0.2) is 0 Å². The van der Waals surface area contributed by atoms with Crippen LogP contribution in [0, 0.1) is 6.08 Å². The van der Waals surface area contributed by atoms with E-state index in [2.05, 4.69) is 26.0 Å². The van der Waals surface area contributed by atoms with E-state index in [4.69, 9.17) is 0 Å². The number of allylic oxidation sites excluding steroid dienone is 2. The van der Waals surface area contributed by atoms with Crippen molar-refractivity contribution in [2.24, 2.45) is 0 Å². The van der Waals surface area contributed by atoms with Gasteiger partial charge in [-0.3, -0.25) is 0 Å². The van der Waals surface area contributed by atoms with Crippen LogP contribution in [0.2, 0.25) is 0 Å². The van der Waals surface area contributed by atoms with Crippen LogP contribution >= 0.6 is 0 Å². The first-order valence-electron chi connectivity index (χ1n) is 5.46. The first-order valence-corrected chi connectivity index (χ1v) is 5.46. The molecule has 0 fully saturated rings. The molecule has 0 heteroatoms. The highest BCUT2D eigenvalue weighted by Gasteiger charge is 1.87. The molecule has 0 bridgehead atoms. The molecule has 0 aliphatic heterocycles. The van der Waals surface area contributed by atoms with E-state index in [1.54, 1.807) is 0 Å². The van der Waals surface area contributed by atoms with Crippen LogP contribution in [-0.2, 0) is 0 Å². The second kappa shape index (κ2) is 10.7. The molecular weight excluding hydrogens is 144 g/mol. The molecule has 0 nitrogen and oxygen atoms in total. The Balaban J connectivity index is 2.86. The summed E-state index contributed by atoms with van der Waals surface area (Å²) in [5, 5.41) is 0. The third-order valence-corrected chi connectivity index (χ3v) is 2.05. The van der Waals surface area contributed by atoms with Gasteiger partial charge in [0.25, 0.3) is 0 Å². The Morgan fingerprint density at radius 3 is 2.25 bits per heavy atom. The van der Waals surface area contributed by atoms with Crippen molar-refractivity contribution in [3.05, 3.63) is 12.2 Å². The zero-order valence-corrected chi connectivity index (χ0v) is 8.73. The molecule has 0 aromatic carbocycles. The van der Waals surface area contributed by atoms with Crippen LogP contribution in [0.5, 0.6) is 0 Å². The summed E-state index contributed by atoms with van der Waals surface area (Å²) in [4.78, 5) is 0. The summed E-state index contributed by atoms with van der Waals surface area (Å²) in [5.74, 6) is 0. The molecule has 0 atom stereocenters. The molecule has 0 rings (SSSR count). The van der Waals surface area contributed by atoms with Gasteiger partial charge in [-0.2, -0.15) is 0 Å². The molecule has 0 saturated heterocycles. The van der Waals surface area contributed by atoms with Crippen molar-refractivity contribution in [3.8, 4) is 0 Å². The van der Waals surface area contributed by atoms with Crippen molar-refractivity contribution in [3.63, 3.8) is 0 Å². The fourth-order valence-corrected chi connectivity index (χ4v) is 1.27. The van der Waals surface area contributed by atoms with Crippen LogP contribution in [0.15, 0.2) is 6.08 Å². The molecule has 71 valence electrons. The van der Waals surface area contributed by atoms with Crippen molar-refractivity contribution in [2.75, 3.05) is 0 Å². The van der Waals surface area contributed by atoms with Gasteiger partial charge in [0.05, 0.1) is 0 Å². The van der Waals surface area contributed by atoms with Crippen LogP contribution in [0.1, 0.15) is 65.2 Å². The molecule has 0 aromatic rings. The van der Waals surface area contributed by atoms with Crippen molar-refractivity contribution in [1.29, 1.82) is 0 Å². The molecule has 0 aliphatic carbocycles. The first-order chi connectivity index (χ1) is 5.91. The largest absolute Gasteiger partial charge is 0.0811 e. The summed E-state index contributed by atoms with van der Waals surface area (Å²) in [6.45, 7) is 4.40. The summed E-state index contributed by atoms with van der Waals surface area (Å²) < 4.78 is 0.